The summed E-state index contributed by atoms with van der Waals surface area (Å²) in [5.74, 6) is -0.181. The van der Waals surface area contributed by atoms with Crippen LogP contribution in [0.25, 0.3) is 11.1 Å². The fraction of sp³-hybridized carbons (Fsp3) is 0.158. The standard InChI is InChI=1S/C17H15N3O2.C2H6/c21-16-9-13(6-7-18-16)14-8-15(19-11-14)17(22)20-10-12-4-2-1-3-5-12;1-2/h1-9,11,19H,10H2,(H,18,21)(H,20,22);1-2H3. The van der Waals surface area contributed by atoms with Gasteiger partial charge in [0.15, 0.2) is 0 Å². The largest absolute Gasteiger partial charge is 0.357 e. The maximum atomic E-state index is 12.1. The molecule has 0 saturated carbocycles. The molecule has 0 bridgehead atoms. The van der Waals surface area contributed by atoms with Crippen LogP contribution in [0.5, 0.6) is 0 Å². The topological polar surface area (TPSA) is 77.8 Å². The summed E-state index contributed by atoms with van der Waals surface area (Å²) >= 11 is 0. The number of nitrogens with one attached hydrogen (secondary N) is 3. The van der Waals surface area contributed by atoms with Crippen LogP contribution in [0.15, 0.2) is 65.7 Å². The van der Waals surface area contributed by atoms with E-state index in [1.54, 1.807) is 24.5 Å². The van der Waals surface area contributed by atoms with Crippen LogP contribution in [0.4, 0.5) is 0 Å². The molecule has 3 aromatic rings. The average Bonchev–Trinajstić information content (AvgIpc) is 3.13. The van der Waals surface area contributed by atoms with Crippen molar-refractivity contribution in [3.63, 3.8) is 0 Å². The summed E-state index contributed by atoms with van der Waals surface area (Å²) in [7, 11) is 0. The first-order valence-corrected chi connectivity index (χ1v) is 7.92. The molecule has 0 spiro atoms. The first kappa shape index (κ1) is 17.3. The molecule has 0 saturated heterocycles. The Morgan fingerprint density at radius 1 is 1.00 bits per heavy atom. The van der Waals surface area contributed by atoms with E-state index in [9.17, 15) is 9.59 Å². The third-order valence-corrected chi connectivity index (χ3v) is 3.33. The minimum absolute atomic E-state index is 0.172. The molecule has 1 amide bonds. The lowest BCUT2D eigenvalue weighted by molar-refractivity contribution is 0.0946. The van der Waals surface area contributed by atoms with Gasteiger partial charge in [0.25, 0.3) is 5.91 Å². The van der Waals surface area contributed by atoms with Crippen molar-refractivity contribution in [2.45, 2.75) is 20.4 Å². The van der Waals surface area contributed by atoms with Crippen LogP contribution < -0.4 is 10.9 Å². The minimum Gasteiger partial charge on any atom is -0.357 e. The molecular weight excluding hydrogens is 302 g/mol. The van der Waals surface area contributed by atoms with Gasteiger partial charge in [-0.3, -0.25) is 9.59 Å². The van der Waals surface area contributed by atoms with Gasteiger partial charge in [-0.1, -0.05) is 44.2 Å². The molecule has 5 nitrogen and oxygen atoms in total. The van der Waals surface area contributed by atoms with E-state index < -0.39 is 0 Å². The fourth-order valence-corrected chi connectivity index (χ4v) is 2.19. The molecule has 0 aliphatic heterocycles. The number of pyridine rings is 1. The zero-order valence-electron chi connectivity index (χ0n) is 13.8. The summed E-state index contributed by atoms with van der Waals surface area (Å²) in [6, 6.07) is 14.7. The van der Waals surface area contributed by atoms with Crippen molar-refractivity contribution in [3.05, 3.63) is 82.5 Å². The van der Waals surface area contributed by atoms with Gasteiger partial charge in [0.1, 0.15) is 5.69 Å². The van der Waals surface area contributed by atoms with Gasteiger partial charge in [0.2, 0.25) is 5.56 Å². The van der Waals surface area contributed by atoms with Gasteiger partial charge >= 0.3 is 0 Å². The first-order chi connectivity index (χ1) is 11.7. The number of carbonyl (C=O) groups excluding carboxylic acids is 1. The van der Waals surface area contributed by atoms with Crippen LogP contribution in [0.3, 0.4) is 0 Å². The quantitative estimate of drug-likeness (QED) is 0.688. The molecule has 0 fully saturated rings. The number of rotatable bonds is 4. The summed E-state index contributed by atoms with van der Waals surface area (Å²) in [6.07, 6.45) is 3.30. The van der Waals surface area contributed by atoms with Gasteiger partial charge in [-0.05, 0) is 23.3 Å². The van der Waals surface area contributed by atoms with E-state index in [0.717, 1.165) is 16.7 Å². The normalized spacial score (nSPS) is 9.75. The van der Waals surface area contributed by atoms with Crippen molar-refractivity contribution < 1.29 is 4.79 Å². The average molecular weight is 323 g/mol. The summed E-state index contributed by atoms with van der Waals surface area (Å²) in [5, 5.41) is 2.85. The summed E-state index contributed by atoms with van der Waals surface area (Å²) in [6.45, 7) is 4.47. The Bertz CT molecular complexity index is 835. The van der Waals surface area contributed by atoms with Gasteiger partial charge in [-0.2, -0.15) is 0 Å². The van der Waals surface area contributed by atoms with Gasteiger partial charge in [-0.25, -0.2) is 0 Å². The number of amides is 1. The van der Waals surface area contributed by atoms with Gasteiger partial charge in [-0.15, -0.1) is 0 Å². The van der Waals surface area contributed by atoms with Crippen LogP contribution in [0.1, 0.15) is 29.9 Å². The summed E-state index contributed by atoms with van der Waals surface area (Å²) in [5.41, 5.74) is 2.90. The van der Waals surface area contributed by atoms with Crippen LogP contribution in [0.2, 0.25) is 0 Å². The summed E-state index contributed by atoms with van der Waals surface area (Å²) in [4.78, 5) is 28.9. The maximum Gasteiger partial charge on any atom is 0.267 e. The van der Waals surface area contributed by atoms with E-state index in [1.807, 2.05) is 44.2 Å². The Hall–Kier alpha value is -3.08. The highest BCUT2D eigenvalue weighted by molar-refractivity contribution is 5.93. The van der Waals surface area contributed by atoms with E-state index in [1.165, 1.54) is 6.07 Å². The third kappa shape index (κ3) is 4.46. The van der Waals surface area contributed by atoms with Crippen molar-refractivity contribution in [3.8, 4) is 11.1 Å². The monoisotopic (exact) mass is 323 g/mol. The zero-order valence-corrected chi connectivity index (χ0v) is 13.8. The zero-order chi connectivity index (χ0) is 17.4. The maximum absolute atomic E-state index is 12.1. The molecule has 2 aromatic heterocycles. The molecule has 0 radical (unpaired) electrons. The van der Waals surface area contributed by atoms with Crippen molar-refractivity contribution >= 4 is 5.91 Å². The molecular formula is C19H21N3O2. The highest BCUT2D eigenvalue weighted by Crippen LogP contribution is 2.18. The molecule has 24 heavy (non-hydrogen) atoms. The Kier molecular flexibility index (Phi) is 6.14. The minimum atomic E-state index is -0.181. The smallest absolute Gasteiger partial charge is 0.267 e. The molecule has 124 valence electrons. The van der Waals surface area contributed by atoms with Crippen molar-refractivity contribution in [2.75, 3.05) is 0 Å². The molecule has 5 heteroatoms. The molecule has 0 aliphatic rings. The second-order valence-corrected chi connectivity index (χ2v) is 4.91. The van der Waals surface area contributed by atoms with Gasteiger partial charge < -0.3 is 15.3 Å². The van der Waals surface area contributed by atoms with Crippen LogP contribution in [0, 0.1) is 0 Å². The molecule has 2 heterocycles. The first-order valence-electron chi connectivity index (χ1n) is 7.92. The Balaban J connectivity index is 0.00000100. The van der Waals surface area contributed by atoms with E-state index >= 15 is 0 Å². The molecule has 1 aromatic carbocycles. The molecule has 3 N–H and O–H groups in total. The van der Waals surface area contributed by atoms with E-state index in [2.05, 4.69) is 15.3 Å². The van der Waals surface area contributed by atoms with E-state index in [4.69, 9.17) is 0 Å². The highest BCUT2D eigenvalue weighted by Gasteiger charge is 2.09. The fourth-order valence-electron chi connectivity index (χ4n) is 2.19. The number of hydrogen-bond acceptors (Lipinski definition) is 2. The van der Waals surface area contributed by atoms with E-state index in [0.29, 0.717) is 12.2 Å². The van der Waals surface area contributed by atoms with Gasteiger partial charge in [0.05, 0.1) is 0 Å². The second-order valence-electron chi connectivity index (χ2n) is 4.91. The number of benzene rings is 1. The Labute approximate surface area is 140 Å². The molecule has 0 aliphatic carbocycles. The SMILES string of the molecule is CC.O=C(NCc1ccccc1)c1cc(-c2cc[nH]c(=O)c2)c[nH]1. The lowest BCUT2D eigenvalue weighted by atomic mass is 10.1. The van der Waals surface area contributed by atoms with Crippen molar-refractivity contribution in [1.29, 1.82) is 0 Å². The summed E-state index contributed by atoms with van der Waals surface area (Å²) < 4.78 is 0. The lowest BCUT2D eigenvalue weighted by Gasteiger charge is -2.03. The third-order valence-electron chi connectivity index (χ3n) is 3.33. The predicted molar refractivity (Wildman–Crippen MR) is 95.8 cm³/mol. The van der Waals surface area contributed by atoms with E-state index in [-0.39, 0.29) is 11.5 Å². The predicted octanol–water partition coefficient (Wildman–Crippen LogP) is 3.33. The number of hydrogen-bond donors (Lipinski definition) is 3. The van der Waals surface area contributed by atoms with Crippen molar-refractivity contribution in [2.24, 2.45) is 0 Å². The highest BCUT2D eigenvalue weighted by atomic mass is 16.1. The second kappa shape index (κ2) is 8.53. The Morgan fingerprint density at radius 3 is 2.46 bits per heavy atom. The number of aromatic nitrogens is 2. The molecule has 3 rings (SSSR count). The molecule has 0 atom stereocenters. The van der Waals surface area contributed by atoms with Crippen LogP contribution in [-0.2, 0) is 6.54 Å². The van der Waals surface area contributed by atoms with Crippen molar-refractivity contribution in [1.82, 2.24) is 15.3 Å². The number of H-pyrrole nitrogens is 2. The van der Waals surface area contributed by atoms with Gasteiger partial charge in [0, 0.05) is 30.6 Å². The number of aromatic amines is 2. The number of carbonyl (C=O) groups is 1. The van der Waals surface area contributed by atoms with Crippen LogP contribution >= 0.6 is 0 Å². The van der Waals surface area contributed by atoms with Crippen LogP contribution in [-0.4, -0.2) is 15.9 Å². The lowest BCUT2D eigenvalue weighted by Crippen LogP contribution is -2.22. The molecule has 0 unspecified atom stereocenters. The Morgan fingerprint density at radius 2 is 1.75 bits per heavy atom.